The van der Waals surface area contributed by atoms with Crippen molar-refractivity contribution in [1.82, 2.24) is 0 Å². The first-order valence-corrected chi connectivity index (χ1v) is 14.3. The van der Waals surface area contributed by atoms with Crippen molar-refractivity contribution in [2.45, 2.75) is 31.6 Å². The number of hydrogen-bond donors (Lipinski definition) is 0. The highest BCUT2D eigenvalue weighted by atomic mass is 19.4. The topological polar surface area (TPSA) is 6.48 Å². The molecule has 0 bridgehead atoms. The van der Waals surface area contributed by atoms with Crippen LogP contribution in [0.4, 0.5) is 60.5 Å². The Labute approximate surface area is 256 Å². The van der Waals surface area contributed by atoms with Crippen molar-refractivity contribution in [3.05, 3.63) is 149 Å². The molecule has 2 nitrogen and oxygen atoms in total. The smallest absolute Gasteiger partial charge is 0.310 e. The second-order valence-electron chi connectivity index (χ2n) is 11.7. The summed E-state index contributed by atoms with van der Waals surface area (Å²) in [6, 6.07) is 29.9. The van der Waals surface area contributed by atoms with Crippen molar-refractivity contribution in [2.75, 3.05) is 9.80 Å². The molecule has 0 aromatic heterocycles. The molecule has 2 aliphatic heterocycles. The molecular formula is C37H26F6N2. The van der Waals surface area contributed by atoms with Gasteiger partial charge in [0, 0.05) is 27.9 Å². The Morgan fingerprint density at radius 1 is 0.556 bits per heavy atom. The van der Waals surface area contributed by atoms with Gasteiger partial charge in [-0.3, -0.25) is 0 Å². The number of rotatable bonds is 2. The lowest BCUT2D eigenvalue weighted by molar-refractivity contribution is -0.139. The van der Waals surface area contributed by atoms with Crippen LogP contribution >= 0.6 is 0 Å². The zero-order valence-corrected chi connectivity index (χ0v) is 24.3. The van der Waals surface area contributed by atoms with E-state index in [0.29, 0.717) is 34.0 Å². The Morgan fingerprint density at radius 3 is 1.73 bits per heavy atom. The predicted octanol–water partition coefficient (Wildman–Crippen LogP) is 11.7. The first-order valence-electron chi connectivity index (χ1n) is 14.3. The van der Waals surface area contributed by atoms with E-state index >= 15 is 0 Å². The SMILES string of the molecule is C=C1c2ccccc2N(c2cccc(N3c4ccccc4C(C)(C)c4c3cccc4C(F)(F)F)c2)c2cccc(C(F)(F)F)c21. The Kier molecular flexibility index (Phi) is 6.24. The Balaban J connectivity index is 1.48. The molecule has 226 valence electrons. The summed E-state index contributed by atoms with van der Waals surface area (Å²) in [6.45, 7) is 7.64. The van der Waals surface area contributed by atoms with E-state index < -0.39 is 28.9 Å². The van der Waals surface area contributed by atoms with Crippen LogP contribution in [0.2, 0.25) is 0 Å². The van der Waals surface area contributed by atoms with Crippen molar-refractivity contribution in [2.24, 2.45) is 0 Å². The van der Waals surface area contributed by atoms with Crippen LogP contribution < -0.4 is 9.80 Å². The van der Waals surface area contributed by atoms with Crippen molar-refractivity contribution in [3.63, 3.8) is 0 Å². The average molecular weight is 613 g/mol. The minimum atomic E-state index is -4.61. The molecular weight excluding hydrogens is 586 g/mol. The van der Waals surface area contributed by atoms with E-state index in [2.05, 4.69) is 6.58 Å². The highest BCUT2D eigenvalue weighted by Gasteiger charge is 2.45. The van der Waals surface area contributed by atoms with Gasteiger partial charge in [0.1, 0.15) is 0 Å². The molecule has 7 rings (SSSR count). The summed E-state index contributed by atoms with van der Waals surface area (Å²) in [6.07, 6.45) is -9.19. The number of nitrogens with zero attached hydrogens (tertiary/aromatic N) is 2. The lowest BCUT2D eigenvalue weighted by Gasteiger charge is -2.43. The van der Waals surface area contributed by atoms with Crippen LogP contribution in [0.25, 0.3) is 5.57 Å². The van der Waals surface area contributed by atoms with Crippen LogP contribution in [-0.2, 0) is 17.8 Å². The zero-order valence-electron chi connectivity index (χ0n) is 24.3. The van der Waals surface area contributed by atoms with E-state index in [1.807, 2.05) is 30.3 Å². The monoisotopic (exact) mass is 612 g/mol. The second-order valence-corrected chi connectivity index (χ2v) is 11.7. The van der Waals surface area contributed by atoms with Crippen LogP contribution in [0.3, 0.4) is 0 Å². The summed E-state index contributed by atoms with van der Waals surface area (Å²) in [5.74, 6) is 0. The fourth-order valence-electron chi connectivity index (χ4n) is 6.88. The van der Waals surface area contributed by atoms with Gasteiger partial charge in [-0.25, -0.2) is 0 Å². The third-order valence-electron chi connectivity index (χ3n) is 8.74. The number of alkyl halides is 6. The quantitative estimate of drug-likeness (QED) is 0.180. The van der Waals surface area contributed by atoms with Gasteiger partial charge >= 0.3 is 12.4 Å². The van der Waals surface area contributed by atoms with Crippen LogP contribution in [0.15, 0.2) is 116 Å². The number of benzene rings is 5. The van der Waals surface area contributed by atoms with Gasteiger partial charge in [0.25, 0.3) is 0 Å². The summed E-state index contributed by atoms with van der Waals surface area (Å²) >= 11 is 0. The molecule has 5 aromatic carbocycles. The van der Waals surface area contributed by atoms with Gasteiger partial charge in [-0.2, -0.15) is 26.3 Å². The average Bonchev–Trinajstić information content (AvgIpc) is 3.00. The van der Waals surface area contributed by atoms with E-state index in [-0.39, 0.29) is 16.7 Å². The number of anilines is 6. The minimum Gasteiger partial charge on any atom is -0.310 e. The fraction of sp³-hybridized carbons (Fsp3) is 0.135. The Morgan fingerprint density at radius 2 is 1.07 bits per heavy atom. The third-order valence-corrected chi connectivity index (χ3v) is 8.74. The van der Waals surface area contributed by atoms with E-state index in [9.17, 15) is 26.3 Å². The largest absolute Gasteiger partial charge is 0.417 e. The Bertz CT molecular complexity index is 2000. The number of para-hydroxylation sites is 2. The normalized spacial score (nSPS) is 15.2. The molecule has 0 saturated heterocycles. The molecule has 8 heteroatoms. The Hall–Kier alpha value is -4.98. The van der Waals surface area contributed by atoms with Crippen LogP contribution in [0, 0.1) is 0 Å². The first kappa shape index (κ1) is 28.8. The summed E-state index contributed by atoms with van der Waals surface area (Å²) in [4.78, 5) is 3.56. The molecule has 0 unspecified atom stereocenters. The second kappa shape index (κ2) is 9.76. The predicted molar refractivity (Wildman–Crippen MR) is 166 cm³/mol. The number of fused-ring (bicyclic) bond motifs is 4. The summed E-state index contributed by atoms with van der Waals surface area (Å²) in [5, 5.41) is 0. The maximum atomic E-state index is 14.4. The highest BCUT2D eigenvalue weighted by molar-refractivity contribution is 6.02. The van der Waals surface area contributed by atoms with Crippen LogP contribution in [-0.4, -0.2) is 0 Å². The van der Waals surface area contributed by atoms with Gasteiger partial charge in [0.15, 0.2) is 0 Å². The van der Waals surface area contributed by atoms with Gasteiger partial charge < -0.3 is 9.80 Å². The molecule has 0 fully saturated rings. The zero-order chi connectivity index (χ0) is 31.9. The van der Waals surface area contributed by atoms with Crippen LogP contribution in [0.1, 0.15) is 47.2 Å². The number of hydrogen-bond acceptors (Lipinski definition) is 2. The molecule has 2 heterocycles. The first-order chi connectivity index (χ1) is 21.3. The lowest BCUT2D eigenvalue weighted by atomic mass is 9.71. The minimum absolute atomic E-state index is 0.0145. The maximum Gasteiger partial charge on any atom is 0.417 e. The molecule has 45 heavy (non-hydrogen) atoms. The van der Waals surface area contributed by atoms with E-state index in [1.165, 1.54) is 12.1 Å². The molecule has 0 saturated carbocycles. The summed E-state index contributed by atoms with van der Waals surface area (Å²) in [7, 11) is 0. The molecule has 2 aliphatic rings. The van der Waals surface area contributed by atoms with Crippen molar-refractivity contribution >= 4 is 39.7 Å². The molecule has 5 aromatic rings. The molecule has 0 spiro atoms. The standard InChI is InChI=1S/C37H26F6N2/c1-22-25-13-4-6-17-29(25)44(31-19-9-15-27(33(22)31)36(38,39)40)23-11-8-12-24(21-23)45-30-18-7-5-14-26(30)35(2,3)34-28(37(41,42)43)16-10-20-32(34)45/h4-21H,1H2,2-3H3. The fourth-order valence-corrected chi connectivity index (χ4v) is 6.88. The molecule has 0 amide bonds. The van der Waals surface area contributed by atoms with E-state index in [1.54, 1.807) is 78.2 Å². The van der Waals surface area contributed by atoms with Gasteiger partial charge in [-0.05, 0) is 71.3 Å². The van der Waals surface area contributed by atoms with Crippen molar-refractivity contribution in [1.29, 1.82) is 0 Å². The van der Waals surface area contributed by atoms with Gasteiger partial charge in [0.2, 0.25) is 0 Å². The maximum absolute atomic E-state index is 14.4. The lowest BCUT2D eigenvalue weighted by Crippen LogP contribution is -2.33. The van der Waals surface area contributed by atoms with Gasteiger partial charge in [-0.15, -0.1) is 0 Å². The van der Waals surface area contributed by atoms with Crippen molar-refractivity contribution < 1.29 is 26.3 Å². The van der Waals surface area contributed by atoms with E-state index in [0.717, 1.165) is 23.4 Å². The molecule has 0 atom stereocenters. The third kappa shape index (κ3) is 4.34. The molecule has 0 aliphatic carbocycles. The van der Waals surface area contributed by atoms with Crippen LogP contribution in [0.5, 0.6) is 0 Å². The molecule has 0 radical (unpaired) electrons. The summed E-state index contributed by atoms with van der Waals surface area (Å²) < 4.78 is 86.2. The van der Waals surface area contributed by atoms with Gasteiger partial charge in [0.05, 0.1) is 33.9 Å². The van der Waals surface area contributed by atoms with E-state index in [4.69, 9.17) is 0 Å². The number of halogens is 6. The summed E-state index contributed by atoms with van der Waals surface area (Å²) in [5.41, 5.74) is 2.38. The molecule has 0 N–H and O–H groups in total. The highest BCUT2D eigenvalue weighted by Crippen LogP contribution is 2.56. The van der Waals surface area contributed by atoms with Gasteiger partial charge in [-0.1, -0.05) is 75.0 Å². The van der Waals surface area contributed by atoms with Crippen molar-refractivity contribution in [3.8, 4) is 0 Å².